The van der Waals surface area contributed by atoms with Crippen LogP contribution in [-0.4, -0.2) is 52.6 Å². The minimum atomic E-state index is -1.08. The van der Waals surface area contributed by atoms with Crippen LogP contribution in [0.3, 0.4) is 0 Å². The lowest BCUT2D eigenvalue weighted by Crippen LogP contribution is -2.48. The number of hydrogen-bond acceptors (Lipinski definition) is 3. The second-order valence-corrected chi connectivity index (χ2v) is 8.43. The summed E-state index contributed by atoms with van der Waals surface area (Å²) in [6.45, 7) is 5.41. The van der Waals surface area contributed by atoms with E-state index in [4.69, 9.17) is 0 Å². The summed E-state index contributed by atoms with van der Waals surface area (Å²) in [5.41, 5.74) is 0.873. The Balaban J connectivity index is 1.68. The molecule has 1 fully saturated rings. The molecule has 158 valence electrons. The molecule has 0 aliphatic carbocycles. The summed E-state index contributed by atoms with van der Waals surface area (Å²) in [6, 6.07) is 14.1. The van der Waals surface area contributed by atoms with Crippen molar-refractivity contribution in [3.8, 4) is 11.8 Å². The molecule has 5 heteroatoms. The number of likely N-dealkylation sites (tertiary alicyclic amines) is 1. The van der Waals surface area contributed by atoms with E-state index >= 15 is 0 Å². The van der Waals surface area contributed by atoms with Crippen LogP contribution in [0.25, 0.3) is 0 Å². The SMILES string of the molecule is CN(C(=O)c1cccc(C#CC(C)(C)O)c1)[C@@H]1CCCN(Cc2ccccc2F)C1. The van der Waals surface area contributed by atoms with Gasteiger partial charge in [-0.2, -0.15) is 0 Å². The van der Waals surface area contributed by atoms with Crippen molar-refractivity contribution >= 4 is 5.91 Å². The van der Waals surface area contributed by atoms with Gasteiger partial charge in [-0.3, -0.25) is 9.69 Å². The van der Waals surface area contributed by atoms with Gasteiger partial charge >= 0.3 is 0 Å². The van der Waals surface area contributed by atoms with Gasteiger partial charge in [0.25, 0.3) is 5.91 Å². The van der Waals surface area contributed by atoms with Crippen molar-refractivity contribution in [1.29, 1.82) is 0 Å². The third-order valence-corrected chi connectivity index (χ3v) is 5.32. The van der Waals surface area contributed by atoms with Crippen molar-refractivity contribution in [3.05, 3.63) is 71.0 Å². The molecule has 4 nitrogen and oxygen atoms in total. The summed E-state index contributed by atoms with van der Waals surface area (Å²) in [7, 11) is 1.83. The Hall–Kier alpha value is -2.68. The highest BCUT2D eigenvalue weighted by atomic mass is 19.1. The number of halogens is 1. The first-order chi connectivity index (χ1) is 14.2. The van der Waals surface area contributed by atoms with Crippen molar-refractivity contribution in [2.24, 2.45) is 0 Å². The molecular weight excluding hydrogens is 379 g/mol. The van der Waals surface area contributed by atoms with E-state index in [0.717, 1.165) is 25.9 Å². The molecule has 0 bridgehead atoms. The fourth-order valence-corrected chi connectivity index (χ4v) is 3.68. The topological polar surface area (TPSA) is 43.8 Å². The minimum absolute atomic E-state index is 0.0559. The van der Waals surface area contributed by atoms with Crippen LogP contribution in [0.4, 0.5) is 4.39 Å². The highest BCUT2D eigenvalue weighted by molar-refractivity contribution is 5.94. The van der Waals surface area contributed by atoms with Crippen molar-refractivity contribution < 1.29 is 14.3 Å². The lowest BCUT2D eigenvalue weighted by atomic mass is 10.0. The minimum Gasteiger partial charge on any atom is -0.378 e. The molecule has 2 aromatic rings. The summed E-state index contributed by atoms with van der Waals surface area (Å²) in [5.74, 6) is 5.45. The number of rotatable bonds is 4. The van der Waals surface area contributed by atoms with E-state index in [1.807, 2.05) is 25.2 Å². The van der Waals surface area contributed by atoms with Crippen molar-refractivity contribution in [1.82, 2.24) is 9.80 Å². The summed E-state index contributed by atoms with van der Waals surface area (Å²) in [5, 5.41) is 9.79. The average Bonchev–Trinajstić information content (AvgIpc) is 2.73. The highest BCUT2D eigenvalue weighted by Crippen LogP contribution is 2.20. The van der Waals surface area contributed by atoms with Crippen LogP contribution in [-0.2, 0) is 6.54 Å². The number of aliphatic hydroxyl groups is 1. The van der Waals surface area contributed by atoms with Crippen molar-refractivity contribution in [2.75, 3.05) is 20.1 Å². The van der Waals surface area contributed by atoms with Gasteiger partial charge in [0.1, 0.15) is 11.4 Å². The number of piperidine rings is 1. The van der Waals surface area contributed by atoms with E-state index in [1.165, 1.54) is 6.07 Å². The smallest absolute Gasteiger partial charge is 0.253 e. The Kier molecular flexibility index (Phi) is 6.91. The molecule has 1 aliphatic rings. The molecule has 0 unspecified atom stereocenters. The molecule has 0 aromatic heterocycles. The van der Waals surface area contributed by atoms with E-state index in [-0.39, 0.29) is 17.8 Å². The number of hydrogen-bond donors (Lipinski definition) is 1. The lowest BCUT2D eigenvalue weighted by molar-refractivity contribution is 0.0608. The van der Waals surface area contributed by atoms with Crippen LogP contribution >= 0.6 is 0 Å². The second kappa shape index (κ2) is 9.42. The molecule has 0 spiro atoms. The molecule has 1 aliphatic heterocycles. The average molecular weight is 409 g/mol. The molecule has 30 heavy (non-hydrogen) atoms. The van der Waals surface area contributed by atoms with Crippen LogP contribution in [0.1, 0.15) is 48.2 Å². The number of carbonyl (C=O) groups excluding carboxylic acids is 1. The normalized spacial score (nSPS) is 17.2. The summed E-state index contributed by atoms with van der Waals surface area (Å²) < 4.78 is 14.0. The summed E-state index contributed by atoms with van der Waals surface area (Å²) in [4.78, 5) is 17.1. The Morgan fingerprint density at radius 2 is 2.03 bits per heavy atom. The van der Waals surface area contributed by atoms with E-state index in [9.17, 15) is 14.3 Å². The molecule has 1 N–H and O–H groups in total. The quantitative estimate of drug-likeness (QED) is 0.785. The lowest BCUT2D eigenvalue weighted by Gasteiger charge is -2.37. The van der Waals surface area contributed by atoms with Gasteiger partial charge in [0.15, 0.2) is 0 Å². The van der Waals surface area contributed by atoms with E-state index in [0.29, 0.717) is 23.2 Å². The Bertz CT molecular complexity index is 955. The van der Waals surface area contributed by atoms with Crippen LogP contribution in [0.5, 0.6) is 0 Å². The zero-order valence-electron chi connectivity index (χ0n) is 17.9. The standard InChI is InChI=1S/C25H29FN2O2/c1-25(2,30)14-13-19-8-6-10-20(16-19)24(29)27(3)22-11-7-15-28(18-22)17-21-9-4-5-12-23(21)26/h4-6,8-10,12,16,22,30H,7,11,15,17-18H2,1-3H3/t22-/m1/s1. The zero-order valence-corrected chi connectivity index (χ0v) is 17.9. The Morgan fingerprint density at radius 3 is 2.77 bits per heavy atom. The number of nitrogens with zero attached hydrogens (tertiary/aromatic N) is 2. The van der Waals surface area contributed by atoms with E-state index in [2.05, 4.69) is 16.7 Å². The van der Waals surface area contributed by atoms with E-state index in [1.54, 1.807) is 43.0 Å². The van der Waals surface area contributed by atoms with Crippen LogP contribution in [0.2, 0.25) is 0 Å². The van der Waals surface area contributed by atoms with Gasteiger partial charge in [-0.05, 0) is 57.5 Å². The van der Waals surface area contributed by atoms with Gasteiger partial charge in [-0.1, -0.05) is 36.1 Å². The molecule has 0 saturated carbocycles. The van der Waals surface area contributed by atoms with Crippen LogP contribution < -0.4 is 0 Å². The van der Waals surface area contributed by atoms with Gasteiger partial charge < -0.3 is 10.0 Å². The predicted molar refractivity (Wildman–Crippen MR) is 116 cm³/mol. The Morgan fingerprint density at radius 1 is 1.27 bits per heavy atom. The summed E-state index contributed by atoms with van der Waals surface area (Å²) >= 11 is 0. The monoisotopic (exact) mass is 408 g/mol. The number of carbonyl (C=O) groups is 1. The van der Waals surface area contributed by atoms with Crippen molar-refractivity contribution in [2.45, 2.75) is 44.9 Å². The first-order valence-corrected chi connectivity index (χ1v) is 10.3. The third-order valence-electron chi connectivity index (χ3n) is 5.32. The number of amides is 1. The fraction of sp³-hybridized carbons (Fsp3) is 0.400. The van der Waals surface area contributed by atoms with Gasteiger partial charge in [0.2, 0.25) is 0 Å². The number of likely N-dealkylation sites (N-methyl/N-ethyl adjacent to an activating group) is 1. The van der Waals surface area contributed by atoms with Crippen LogP contribution in [0.15, 0.2) is 48.5 Å². The Labute approximate surface area is 178 Å². The second-order valence-electron chi connectivity index (χ2n) is 8.43. The molecule has 3 rings (SSSR count). The first-order valence-electron chi connectivity index (χ1n) is 10.3. The van der Waals surface area contributed by atoms with Gasteiger partial charge in [-0.25, -0.2) is 4.39 Å². The van der Waals surface area contributed by atoms with Crippen molar-refractivity contribution in [3.63, 3.8) is 0 Å². The highest BCUT2D eigenvalue weighted by Gasteiger charge is 2.27. The maximum absolute atomic E-state index is 14.0. The molecule has 2 aromatic carbocycles. The molecule has 1 amide bonds. The third kappa shape index (κ3) is 5.91. The molecule has 0 radical (unpaired) electrons. The van der Waals surface area contributed by atoms with Crippen LogP contribution in [0, 0.1) is 17.7 Å². The molecule has 1 heterocycles. The molecular formula is C25H29FN2O2. The molecule has 1 atom stereocenters. The molecule has 1 saturated heterocycles. The summed E-state index contributed by atoms with van der Waals surface area (Å²) in [6.07, 6.45) is 1.89. The largest absolute Gasteiger partial charge is 0.378 e. The maximum atomic E-state index is 14.0. The number of benzene rings is 2. The first kappa shape index (κ1) is 22.0. The zero-order chi connectivity index (χ0) is 21.7. The fourth-order valence-electron chi connectivity index (χ4n) is 3.68. The van der Waals surface area contributed by atoms with Gasteiger partial charge in [0.05, 0.1) is 0 Å². The maximum Gasteiger partial charge on any atom is 0.253 e. The van der Waals surface area contributed by atoms with E-state index < -0.39 is 5.60 Å². The van der Waals surface area contributed by atoms with Gasteiger partial charge in [-0.15, -0.1) is 0 Å². The predicted octanol–water partition coefficient (Wildman–Crippen LogP) is 3.68. The van der Waals surface area contributed by atoms with Gasteiger partial charge in [0, 0.05) is 42.9 Å².